The van der Waals surface area contributed by atoms with Gasteiger partial charge in [0.2, 0.25) is 0 Å². The number of benzene rings is 1. The summed E-state index contributed by atoms with van der Waals surface area (Å²) in [4.78, 5) is 21.7. The number of rotatable bonds is 3. The summed E-state index contributed by atoms with van der Waals surface area (Å²) >= 11 is 0. The first-order chi connectivity index (χ1) is 14.6. The Morgan fingerprint density at radius 1 is 1.20 bits per heavy atom. The number of aliphatic imine (C=N–C) groups is 2. The smallest absolute Gasteiger partial charge is 0.283 e. The van der Waals surface area contributed by atoms with Gasteiger partial charge in [-0.05, 0) is 43.2 Å². The van der Waals surface area contributed by atoms with Crippen LogP contribution in [-0.2, 0) is 19.8 Å². The Bertz CT molecular complexity index is 1060. The molecule has 30 heavy (non-hydrogen) atoms. The lowest BCUT2D eigenvalue weighted by atomic mass is 9.74. The zero-order valence-electron chi connectivity index (χ0n) is 16.6. The summed E-state index contributed by atoms with van der Waals surface area (Å²) in [6, 6.07) is 5.77. The number of nitrogens with zero attached hydrogens (tertiary/aromatic N) is 2. The van der Waals surface area contributed by atoms with Crippen molar-refractivity contribution in [2.75, 3.05) is 25.6 Å². The van der Waals surface area contributed by atoms with Crippen molar-refractivity contribution >= 4 is 23.8 Å². The Morgan fingerprint density at radius 3 is 2.77 bits per heavy atom. The maximum atomic E-state index is 12.8. The van der Waals surface area contributed by atoms with Gasteiger partial charge in [0.05, 0.1) is 19.9 Å². The summed E-state index contributed by atoms with van der Waals surface area (Å²) in [5, 5.41) is 2.92. The summed E-state index contributed by atoms with van der Waals surface area (Å²) in [6.07, 6.45) is 10.5. The maximum Gasteiger partial charge on any atom is 0.283 e. The second kappa shape index (κ2) is 6.76. The van der Waals surface area contributed by atoms with Gasteiger partial charge in [-0.1, -0.05) is 12.2 Å². The minimum atomic E-state index is -0.566. The van der Waals surface area contributed by atoms with Crippen LogP contribution in [0.5, 0.6) is 5.75 Å². The Balaban J connectivity index is 1.44. The third kappa shape index (κ3) is 2.87. The first-order valence-corrected chi connectivity index (χ1v) is 9.79. The quantitative estimate of drug-likeness (QED) is 0.801. The largest absolute Gasteiger partial charge is 0.495 e. The van der Waals surface area contributed by atoms with Crippen molar-refractivity contribution in [3.8, 4) is 5.75 Å². The van der Waals surface area contributed by atoms with Crippen molar-refractivity contribution in [1.82, 2.24) is 0 Å². The van der Waals surface area contributed by atoms with Gasteiger partial charge in [0, 0.05) is 16.7 Å². The number of allylic oxidation sites excluding steroid dienone is 5. The molecule has 4 aliphatic rings. The molecular formula is C22H22N4O4. The molecule has 3 N–H and O–H groups in total. The van der Waals surface area contributed by atoms with E-state index in [4.69, 9.17) is 24.9 Å². The van der Waals surface area contributed by atoms with Crippen LogP contribution in [0, 0.1) is 5.41 Å². The molecule has 3 heterocycles. The molecule has 0 saturated heterocycles. The molecule has 0 bridgehead atoms. The van der Waals surface area contributed by atoms with E-state index in [1.165, 1.54) is 6.21 Å². The van der Waals surface area contributed by atoms with Crippen molar-refractivity contribution in [3.05, 3.63) is 59.5 Å². The third-order valence-electron chi connectivity index (χ3n) is 6.07. The molecule has 1 atom stereocenters. The van der Waals surface area contributed by atoms with Gasteiger partial charge in [-0.25, -0.2) is 9.98 Å². The molecule has 5 rings (SSSR count). The predicted molar refractivity (Wildman–Crippen MR) is 112 cm³/mol. The lowest BCUT2D eigenvalue weighted by Crippen LogP contribution is -2.44. The highest BCUT2D eigenvalue weighted by Gasteiger charge is 2.66. The van der Waals surface area contributed by atoms with Gasteiger partial charge in [0.1, 0.15) is 29.4 Å². The normalized spacial score (nSPS) is 30.8. The van der Waals surface area contributed by atoms with Crippen molar-refractivity contribution in [2.24, 2.45) is 21.1 Å². The van der Waals surface area contributed by atoms with Gasteiger partial charge < -0.3 is 25.3 Å². The molecule has 1 aromatic carbocycles. The van der Waals surface area contributed by atoms with E-state index in [9.17, 15) is 4.79 Å². The Labute approximate surface area is 173 Å². The molecule has 0 radical (unpaired) electrons. The number of hydrogen-bond acceptors (Lipinski definition) is 7. The molecule has 8 heteroatoms. The van der Waals surface area contributed by atoms with E-state index < -0.39 is 5.54 Å². The van der Waals surface area contributed by atoms with E-state index in [2.05, 4.69) is 10.3 Å². The van der Waals surface area contributed by atoms with Crippen LogP contribution in [0.3, 0.4) is 0 Å². The van der Waals surface area contributed by atoms with Gasteiger partial charge in [-0.3, -0.25) is 4.79 Å². The van der Waals surface area contributed by atoms with Gasteiger partial charge in [0.25, 0.3) is 11.9 Å². The summed E-state index contributed by atoms with van der Waals surface area (Å²) in [7, 11) is 1.55. The highest BCUT2D eigenvalue weighted by Crippen LogP contribution is 2.65. The predicted octanol–water partition coefficient (Wildman–Crippen LogP) is 2.39. The topological polar surface area (TPSA) is 108 Å². The summed E-state index contributed by atoms with van der Waals surface area (Å²) in [5.41, 5.74) is 7.02. The second-order valence-corrected chi connectivity index (χ2v) is 7.80. The van der Waals surface area contributed by atoms with Gasteiger partial charge in [0.15, 0.2) is 0 Å². The van der Waals surface area contributed by atoms with Crippen LogP contribution in [0.4, 0.5) is 5.69 Å². The SMILES string of the molecule is COC1=C\C=C\C=C(C(=O)Nc2ccc3c(c2)C2(COC(N)=N2)C2(CC2)CO3)/N=C\1. The fourth-order valence-electron chi connectivity index (χ4n) is 4.19. The van der Waals surface area contributed by atoms with Gasteiger partial charge in [-0.2, -0.15) is 0 Å². The van der Waals surface area contributed by atoms with Crippen molar-refractivity contribution < 1.29 is 19.0 Å². The highest BCUT2D eigenvalue weighted by atomic mass is 16.5. The number of carbonyl (C=O) groups is 1. The average Bonchev–Trinajstić information content (AvgIpc) is 3.41. The molecule has 0 aromatic heterocycles. The van der Waals surface area contributed by atoms with E-state index in [-0.39, 0.29) is 23.0 Å². The van der Waals surface area contributed by atoms with E-state index in [1.807, 2.05) is 18.2 Å². The Morgan fingerprint density at radius 2 is 2.03 bits per heavy atom. The summed E-state index contributed by atoms with van der Waals surface area (Å²) < 4.78 is 16.8. The highest BCUT2D eigenvalue weighted by molar-refractivity contribution is 6.05. The molecule has 1 aliphatic carbocycles. The molecular weight excluding hydrogens is 384 g/mol. The Hall–Kier alpha value is -3.55. The fourth-order valence-corrected chi connectivity index (χ4v) is 4.19. The van der Waals surface area contributed by atoms with Crippen molar-refractivity contribution in [1.29, 1.82) is 0 Å². The number of ether oxygens (including phenoxy) is 3. The molecule has 3 aliphatic heterocycles. The van der Waals surface area contributed by atoms with Gasteiger partial charge in [-0.15, -0.1) is 0 Å². The Kier molecular flexibility index (Phi) is 4.16. The molecule has 1 saturated carbocycles. The molecule has 154 valence electrons. The van der Waals surface area contributed by atoms with Gasteiger partial charge >= 0.3 is 0 Å². The monoisotopic (exact) mass is 406 g/mol. The number of amides is 1. The zero-order valence-corrected chi connectivity index (χ0v) is 16.6. The van der Waals surface area contributed by atoms with E-state index in [0.29, 0.717) is 24.7 Å². The van der Waals surface area contributed by atoms with Crippen LogP contribution in [0.25, 0.3) is 0 Å². The molecule has 8 nitrogen and oxygen atoms in total. The van der Waals surface area contributed by atoms with Crippen LogP contribution in [-0.4, -0.2) is 38.5 Å². The molecule has 1 amide bonds. The molecule has 1 unspecified atom stereocenters. The van der Waals surface area contributed by atoms with Crippen LogP contribution in [0.15, 0.2) is 63.9 Å². The second-order valence-electron chi connectivity index (χ2n) is 7.80. The third-order valence-corrected chi connectivity index (χ3v) is 6.07. The standard InChI is InChI=1S/C22H22N4O4/c1-28-15-4-2-3-5-17(24-11-15)19(27)25-14-6-7-18-16(10-14)22(13-30-20(23)26-22)21(8-9-21)12-29-18/h2-7,10-11H,8-9,12-13H2,1H3,(H2,23,26)(H,25,27)/b3-2+,4-2?,5-3?,15-4-,15-11?,17-5-,24-11-,24-17?. The fraction of sp³-hybridized carbons (Fsp3) is 0.318. The van der Waals surface area contributed by atoms with E-state index >= 15 is 0 Å². The number of fused-ring (bicyclic) bond motifs is 3. The van der Waals surface area contributed by atoms with Crippen LogP contribution in [0.2, 0.25) is 0 Å². The number of anilines is 1. The average molecular weight is 406 g/mol. The van der Waals surface area contributed by atoms with Crippen molar-refractivity contribution in [2.45, 2.75) is 18.4 Å². The lowest BCUT2D eigenvalue weighted by Gasteiger charge is -2.39. The van der Waals surface area contributed by atoms with Crippen LogP contribution in [0.1, 0.15) is 18.4 Å². The number of carbonyl (C=O) groups excluding carboxylic acids is 1. The van der Waals surface area contributed by atoms with E-state index in [0.717, 1.165) is 24.2 Å². The zero-order chi connectivity index (χ0) is 20.8. The number of amidine groups is 1. The number of hydrogen-bond donors (Lipinski definition) is 2. The molecule has 1 aromatic rings. The molecule has 1 fully saturated rings. The van der Waals surface area contributed by atoms with Crippen LogP contribution < -0.4 is 15.8 Å². The first kappa shape index (κ1) is 18.5. The number of nitrogens with one attached hydrogen (secondary N) is 1. The maximum absolute atomic E-state index is 12.8. The summed E-state index contributed by atoms with van der Waals surface area (Å²) in [6.45, 7) is 0.980. The lowest BCUT2D eigenvalue weighted by molar-refractivity contribution is -0.112. The molecule has 2 spiro atoms. The van der Waals surface area contributed by atoms with Crippen molar-refractivity contribution in [3.63, 3.8) is 0 Å². The summed E-state index contributed by atoms with van der Waals surface area (Å²) in [5.74, 6) is 0.975. The minimum absolute atomic E-state index is 0.0935. The minimum Gasteiger partial charge on any atom is -0.495 e. The van der Waals surface area contributed by atoms with E-state index in [1.54, 1.807) is 31.4 Å². The number of nitrogens with two attached hydrogens (primary N) is 1. The first-order valence-electron chi connectivity index (χ1n) is 9.79. The number of methoxy groups -OCH3 is 1. The van der Waals surface area contributed by atoms with Crippen LogP contribution >= 0.6 is 0 Å².